The van der Waals surface area contributed by atoms with Crippen LogP contribution in [0.1, 0.15) is 48.4 Å². The second-order valence-corrected chi connectivity index (χ2v) is 8.19. The van der Waals surface area contributed by atoms with Gasteiger partial charge < -0.3 is 15.1 Å². The second-order valence-electron chi connectivity index (χ2n) is 8.19. The fourth-order valence-electron chi connectivity index (χ4n) is 3.98. The third kappa shape index (κ3) is 5.95. The standard InChI is InChI=1S/C27H26F2N2O2.C2H6/c1-3-18(2)24-16-21(26(32)31-14-12-27(28,29)13-15-31)8-10-23(24)19-4-6-20(7-5-19)25-11-9-22(17-30)33-25;1-2/h3-11,16H,1-2,12-15,17,30H2;1-2H3. The molecule has 1 aliphatic heterocycles. The number of halogens is 2. The van der Waals surface area contributed by atoms with Crippen molar-refractivity contribution in [3.05, 3.63) is 90.7 Å². The van der Waals surface area contributed by atoms with Gasteiger partial charge in [0.25, 0.3) is 11.8 Å². The summed E-state index contributed by atoms with van der Waals surface area (Å²) < 4.78 is 32.7. The van der Waals surface area contributed by atoms with Gasteiger partial charge >= 0.3 is 0 Å². The molecule has 0 aliphatic carbocycles. The number of carbonyl (C=O) groups is 1. The van der Waals surface area contributed by atoms with Crippen molar-refractivity contribution in [2.24, 2.45) is 5.73 Å². The zero-order chi connectivity index (χ0) is 25.6. The SMILES string of the molecule is C=CC(=C)c1cc(C(=O)N2CCC(F)(F)CC2)ccc1-c1ccc(-c2ccc(CN)o2)cc1.CC. The summed E-state index contributed by atoms with van der Waals surface area (Å²) in [6.45, 7) is 12.3. The molecule has 0 radical (unpaired) electrons. The second kappa shape index (κ2) is 11.3. The normalized spacial score (nSPS) is 14.6. The first-order valence-electron chi connectivity index (χ1n) is 11.8. The lowest BCUT2D eigenvalue weighted by molar-refractivity contribution is -0.0494. The molecule has 2 aromatic carbocycles. The van der Waals surface area contributed by atoms with Crippen LogP contribution < -0.4 is 5.73 Å². The molecule has 0 unspecified atom stereocenters. The van der Waals surface area contributed by atoms with Crippen LogP contribution in [0.3, 0.4) is 0 Å². The molecule has 3 aromatic rings. The highest BCUT2D eigenvalue weighted by molar-refractivity contribution is 5.97. The molecule has 4 rings (SSSR count). The molecule has 0 spiro atoms. The number of hydrogen-bond donors (Lipinski definition) is 1. The van der Waals surface area contributed by atoms with Gasteiger partial charge in [0, 0.05) is 37.1 Å². The fraction of sp³-hybridized carbons (Fsp3) is 0.276. The third-order valence-electron chi connectivity index (χ3n) is 5.98. The number of nitrogens with two attached hydrogens (primary N) is 1. The van der Waals surface area contributed by atoms with Crippen LogP contribution in [-0.4, -0.2) is 29.8 Å². The molecule has 0 saturated carbocycles. The van der Waals surface area contributed by atoms with Crippen LogP contribution in [0.2, 0.25) is 0 Å². The number of alkyl halides is 2. The molecule has 1 aromatic heterocycles. The van der Waals surface area contributed by atoms with Gasteiger partial charge in [-0.3, -0.25) is 4.79 Å². The van der Waals surface area contributed by atoms with E-state index in [9.17, 15) is 13.6 Å². The van der Waals surface area contributed by atoms with E-state index in [0.717, 1.165) is 33.8 Å². The van der Waals surface area contributed by atoms with Crippen LogP contribution in [0.4, 0.5) is 8.78 Å². The first kappa shape index (κ1) is 26.1. The summed E-state index contributed by atoms with van der Waals surface area (Å²) >= 11 is 0. The minimum Gasteiger partial charge on any atom is -0.460 e. The Morgan fingerprint density at radius 1 is 1.06 bits per heavy atom. The Labute approximate surface area is 205 Å². The molecule has 1 amide bonds. The highest BCUT2D eigenvalue weighted by Crippen LogP contribution is 2.33. The summed E-state index contributed by atoms with van der Waals surface area (Å²) in [6.07, 6.45) is 1.02. The molecule has 1 fully saturated rings. The quantitative estimate of drug-likeness (QED) is 0.382. The van der Waals surface area contributed by atoms with Gasteiger partial charge in [0.2, 0.25) is 0 Å². The summed E-state index contributed by atoms with van der Waals surface area (Å²) in [7, 11) is 0. The van der Waals surface area contributed by atoms with Crippen molar-refractivity contribution < 1.29 is 18.0 Å². The van der Waals surface area contributed by atoms with Gasteiger partial charge in [-0.15, -0.1) is 0 Å². The van der Waals surface area contributed by atoms with E-state index in [1.54, 1.807) is 18.2 Å². The third-order valence-corrected chi connectivity index (χ3v) is 5.98. The van der Waals surface area contributed by atoms with E-state index >= 15 is 0 Å². The smallest absolute Gasteiger partial charge is 0.253 e. The van der Waals surface area contributed by atoms with E-state index in [2.05, 4.69) is 13.2 Å². The number of rotatable bonds is 6. The summed E-state index contributed by atoms with van der Waals surface area (Å²) in [6, 6.07) is 17.0. The van der Waals surface area contributed by atoms with Crippen molar-refractivity contribution in [2.45, 2.75) is 39.2 Å². The molecule has 184 valence electrons. The lowest BCUT2D eigenvalue weighted by Crippen LogP contribution is -2.42. The minimum absolute atomic E-state index is 0.0471. The molecular weight excluding hydrogens is 446 g/mol. The van der Waals surface area contributed by atoms with Crippen molar-refractivity contribution in [3.8, 4) is 22.5 Å². The van der Waals surface area contributed by atoms with Gasteiger partial charge in [-0.05, 0) is 46.5 Å². The first-order valence-corrected chi connectivity index (χ1v) is 11.8. The Kier molecular flexibility index (Phi) is 8.41. The van der Waals surface area contributed by atoms with Crippen LogP contribution >= 0.6 is 0 Å². The van der Waals surface area contributed by atoms with Crippen LogP contribution in [0.5, 0.6) is 0 Å². The Balaban J connectivity index is 0.00000167. The predicted octanol–water partition coefficient (Wildman–Crippen LogP) is 7.17. The molecule has 2 N–H and O–H groups in total. The average Bonchev–Trinajstić information content (AvgIpc) is 3.38. The Morgan fingerprint density at radius 3 is 2.26 bits per heavy atom. The zero-order valence-electron chi connectivity index (χ0n) is 20.3. The van der Waals surface area contributed by atoms with Gasteiger partial charge in [0.15, 0.2) is 0 Å². The van der Waals surface area contributed by atoms with E-state index in [0.29, 0.717) is 17.7 Å². The van der Waals surface area contributed by atoms with Crippen molar-refractivity contribution >= 4 is 11.5 Å². The average molecular weight is 479 g/mol. The predicted molar refractivity (Wildman–Crippen MR) is 138 cm³/mol. The maximum atomic E-state index is 13.5. The summed E-state index contributed by atoms with van der Waals surface area (Å²) in [4.78, 5) is 14.4. The molecule has 4 nitrogen and oxygen atoms in total. The summed E-state index contributed by atoms with van der Waals surface area (Å²) in [5.74, 6) is -1.49. The number of piperidine rings is 1. The molecular formula is C29H32F2N2O2. The topological polar surface area (TPSA) is 59.5 Å². The molecule has 2 heterocycles. The Hall–Kier alpha value is -3.51. The van der Waals surface area contributed by atoms with Crippen molar-refractivity contribution in [1.82, 2.24) is 4.90 Å². The van der Waals surface area contributed by atoms with Gasteiger partial charge in [-0.2, -0.15) is 0 Å². The lowest BCUT2D eigenvalue weighted by atomic mass is 9.92. The highest BCUT2D eigenvalue weighted by Gasteiger charge is 2.35. The van der Waals surface area contributed by atoms with Gasteiger partial charge in [0.05, 0.1) is 6.54 Å². The van der Waals surface area contributed by atoms with E-state index in [1.807, 2.05) is 56.3 Å². The summed E-state index contributed by atoms with van der Waals surface area (Å²) in [5.41, 5.74) is 10.3. The van der Waals surface area contributed by atoms with Crippen molar-refractivity contribution in [3.63, 3.8) is 0 Å². The maximum Gasteiger partial charge on any atom is 0.253 e. The number of benzene rings is 2. The number of nitrogens with zero attached hydrogens (tertiary/aromatic N) is 1. The maximum absolute atomic E-state index is 13.5. The number of furan rings is 1. The zero-order valence-corrected chi connectivity index (χ0v) is 20.3. The molecule has 6 heteroatoms. The van der Waals surface area contributed by atoms with E-state index in [1.165, 1.54) is 4.90 Å². The fourth-order valence-corrected chi connectivity index (χ4v) is 3.98. The van der Waals surface area contributed by atoms with Gasteiger partial charge in [-0.1, -0.05) is 63.4 Å². The van der Waals surface area contributed by atoms with Gasteiger partial charge in [-0.25, -0.2) is 8.78 Å². The summed E-state index contributed by atoms with van der Waals surface area (Å²) in [5, 5.41) is 0. The number of carbonyl (C=O) groups excluding carboxylic acids is 1. The van der Waals surface area contributed by atoms with Crippen LogP contribution in [-0.2, 0) is 6.54 Å². The van der Waals surface area contributed by atoms with E-state index < -0.39 is 5.92 Å². The molecule has 1 saturated heterocycles. The number of amides is 1. The molecule has 35 heavy (non-hydrogen) atoms. The van der Waals surface area contributed by atoms with E-state index in [4.69, 9.17) is 10.2 Å². The minimum atomic E-state index is -2.70. The van der Waals surface area contributed by atoms with Crippen molar-refractivity contribution in [1.29, 1.82) is 0 Å². The van der Waals surface area contributed by atoms with Crippen LogP contribution in [0.25, 0.3) is 28.0 Å². The lowest BCUT2D eigenvalue weighted by Gasteiger charge is -2.32. The molecule has 0 bridgehead atoms. The molecule has 1 aliphatic rings. The number of likely N-dealkylation sites (tertiary alicyclic amines) is 1. The first-order chi connectivity index (χ1) is 16.8. The largest absolute Gasteiger partial charge is 0.460 e. The number of hydrogen-bond acceptors (Lipinski definition) is 3. The van der Waals surface area contributed by atoms with Crippen LogP contribution in [0, 0.1) is 0 Å². The Morgan fingerprint density at radius 2 is 1.69 bits per heavy atom. The van der Waals surface area contributed by atoms with Crippen LogP contribution in [0.15, 0.2) is 78.2 Å². The monoisotopic (exact) mass is 478 g/mol. The number of allylic oxidation sites excluding steroid dienone is 2. The van der Waals surface area contributed by atoms with Gasteiger partial charge in [0.1, 0.15) is 11.5 Å². The van der Waals surface area contributed by atoms with E-state index in [-0.39, 0.29) is 31.8 Å². The van der Waals surface area contributed by atoms with Crippen molar-refractivity contribution in [2.75, 3.05) is 13.1 Å². The Bertz CT molecular complexity index is 1190. The molecule has 0 atom stereocenters. The highest BCUT2D eigenvalue weighted by atomic mass is 19.3.